The molecule has 1 aliphatic rings. The molecule has 0 amide bonds. The second kappa shape index (κ2) is 4.21. The van der Waals surface area contributed by atoms with Gasteiger partial charge < -0.3 is 4.74 Å². The van der Waals surface area contributed by atoms with Gasteiger partial charge in [0.2, 0.25) is 0 Å². The predicted octanol–water partition coefficient (Wildman–Crippen LogP) is -0.495. The maximum atomic E-state index is 9.92. The quantitative estimate of drug-likeness (QED) is 0.286. The molecule has 0 aliphatic carbocycles. The molecule has 9 heavy (non-hydrogen) atoms. The molecule has 0 radical (unpaired) electrons. The molecule has 0 saturated carbocycles. The molecule has 0 aromatic heterocycles. The van der Waals surface area contributed by atoms with Gasteiger partial charge in [-0.1, -0.05) is 0 Å². The SMILES string of the molecule is O=C1C=CC(=O)O1.[O]=[Zn]. The molecule has 0 atom stereocenters. The fourth-order valence-electron chi connectivity index (χ4n) is 0.303. The van der Waals surface area contributed by atoms with Crippen LogP contribution in [0.1, 0.15) is 0 Å². The molecular weight excluding hydrogens is 177 g/mol. The van der Waals surface area contributed by atoms with Crippen LogP contribution >= 0.6 is 0 Å². The summed E-state index contributed by atoms with van der Waals surface area (Å²) < 4.78 is 12.3. The van der Waals surface area contributed by atoms with Crippen LogP contribution in [0.2, 0.25) is 0 Å². The van der Waals surface area contributed by atoms with E-state index in [1.54, 1.807) is 0 Å². The fourth-order valence-corrected chi connectivity index (χ4v) is 0.303. The number of ether oxygens (including phenoxy) is 1. The molecule has 0 aromatic carbocycles. The fraction of sp³-hybridized carbons (Fsp3) is 0. The Balaban J connectivity index is 0.000000291. The van der Waals surface area contributed by atoms with E-state index in [0.717, 1.165) is 12.2 Å². The zero-order valence-electron chi connectivity index (χ0n) is 4.49. The van der Waals surface area contributed by atoms with Crippen molar-refractivity contribution in [3.8, 4) is 0 Å². The first-order valence-electron chi connectivity index (χ1n) is 2.02. The van der Waals surface area contributed by atoms with Crippen LogP contribution in [0.15, 0.2) is 12.2 Å². The normalized spacial score (nSPS) is 14.4. The van der Waals surface area contributed by atoms with E-state index in [9.17, 15) is 9.59 Å². The van der Waals surface area contributed by atoms with E-state index in [1.165, 1.54) is 0 Å². The van der Waals surface area contributed by atoms with Crippen molar-refractivity contribution in [3.63, 3.8) is 0 Å². The van der Waals surface area contributed by atoms with E-state index >= 15 is 0 Å². The van der Waals surface area contributed by atoms with E-state index < -0.39 is 11.9 Å². The van der Waals surface area contributed by atoms with Crippen molar-refractivity contribution in [2.24, 2.45) is 0 Å². The average Bonchev–Trinajstić information content (AvgIpc) is 2.20. The van der Waals surface area contributed by atoms with Crippen LogP contribution in [-0.2, 0) is 36.2 Å². The standard InChI is InChI=1S/C4H2O3.O.Zn/c5-3-1-2-4(6)7-3;;/h1-2H;;. The molecule has 5 heteroatoms. The number of cyclic esters (lactones) is 2. The summed E-state index contributed by atoms with van der Waals surface area (Å²) in [6.07, 6.45) is 2.17. The first kappa shape index (κ1) is 8.30. The molecule has 0 N–H and O–H groups in total. The molecule has 4 nitrogen and oxygen atoms in total. The minimum absolute atomic E-state index is 0.125. The van der Waals surface area contributed by atoms with Crippen molar-refractivity contribution >= 4 is 11.9 Å². The molecule has 44 valence electrons. The van der Waals surface area contributed by atoms with E-state index in [1.807, 2.05) is 0 Å². The van der Waals surface area contributed by atoms with E-state index in [4.69, 9.17) is 3.57 Å². The molecule has 0 unspecified atom stereocenters. The number of hydrogen-bond donors (Lipinski definition) is 0. The van der Waals surface area contributed by atoms with Crippen LogP contribution in [0.25, 0.3) is 0 Å². The summed E-state index contributed by atoms with van der Waals surface area (Å²) in [4.78, 5) is 19.8. The van der Waals surface area contributed by atoms with Crippen molar-refractivity contribution in [1.82, 2.24) is 0 Å². The van der Waals surface area contributed by atoms with Crippen molar-refractivity contribution in [2.75, 3.05) is 0 Å². The molecule has 0 aromatic rings. The van der Waals surface area contributed by atoms with Crippen molar-refractivity contribution < 1.29 is 36.2 Å². The Morgan fingerprint density at radius 1 is 1.11 bits per heavy atom. The summed E-state index contributed by atoms with van der Waals surface area (Å²) >= 11 is 0.125. The zero-order chi connectivity index (χ0) is 7.28. The third-order valence-electron chi connectivity index (χ3n) is 0.557. The molecule has 1 heterocycles. The molecule has 0 saturated heterocycles. The van der Waals surface area contributed by atoms with Crippen LogP contribution in [0.5, 0.6) is 0 Å². The molecule has 0 spiro atoms. The Bertz CT molecular complexity index is 146. The second-order valence-corrected chi connectivity index (χ2v) is 1.07. The van der Waals surface area contributed by atoms with Crippen LogP contribution < -0.4 is 0 Å². The van der Waals surface area contributed by atoms with Crippen molar-refractivity contribution in [3.05, 3.63) is 12.2 Å². The maximum absolute atomic E-state index is 9.92. The van der Waals surface area contributed by atoms with Gasteiger partial charge in [-0.05, 0) is 0 Å². The summed E-state index contributed by atoms with van der Waals surface area (Å²) in [5, 5.41) is 0. The number of rotatable bonds is 0. The van der Waals surface area contributed by atoms with Gasteiger partial charge in [0.25, 0.3) is 0 Å². The summed E-state index contributed by atoms with van der Waals surface area (Å²) in [5.41, 5.74) is 0. The molecule has 0 fully saturated rings. The summed E-state index contributed by atoms with van der Waals surface area (Å²) in [6, 6.07) is 0. The van der Waals surface area contributed by atoms with Gasteiger partial charge in [-0.2, -0.15) is 0 Å². The van der Waals surface area contributed by atoms with Crippen LogP contribution in [0.3, 0.4) is 0 Å². The Labute approximate surface area is 60.8 Å². The Morgan fingerprint density at radius 3 is 1.56 bits per heavy atom. The third-order valence-corrected chi connectivity index (χ3v) is 0.557. The Morgan fingerprint density at radius 2 is 1.44 bits per heavy atom. The number of hydrogen-bond acceptors (Lipinski definition) is 4. The number of carbonyl (C=O) groups excluding carboxylic acids is 2. The molecule has 1 aliphatic heterocycles. The Hall–Kier alpha value is -0.697. The topological polar surface area (TPSA) is 60.4 Å². The summed E-state index contributed by atoms with van der Waals surface area (Å²) in [5.74, 6) is -1.16. The van der Waals surface area contributed by atoms with E-state index in [0.29, 0.717) is 0 Å². The molecule has 1 rings (SSSR count). The van der Waals surface area contributed by atoms with Crippen molar-refractivity contribution in [1.29, 1.82) is 0 Å². The molecular formula is C4H2O4Zn. The van der Waals surface area contributed by atoms with Crippen molar-refractivity contribution in [2.45, 2.75) is 0 Å². The second-order valence-electron chi connectivity index (χ2n) is 1.07. The first-order valence-corrected chi connectivity index (χ1v) is 3.23. The van der Waals surface area contributed by atoms with Crippen LogP contribution in [0.4, 0.5) is 0 Å². The monoisotopic (exact) mass is 178 g/mol. The summed E-state index contributed by atoms with van der Waals surface area (Å²) in [6.45, 7) is 0. The van der Waals surface area contributed by atoms with E-state index in [2.05, 4.69) is 4.74 Å². The van der Waals surface area contributed by atoms with Gasteiger partial charge in [0.1, 0.15) is 0 Å². The van der Waals surface area contributed by atoms with Crippen LogP contribution in [-0.4, -0.2) is 11.9 Å². The predicted molar refractivity (Wildman–Crippen MR) is 20.9 cm³/mol. The van der Waals surface area contributed by atoms with Gasteiger partial charge in [-0.3, -0.25) is 0 Å². The summed E-state index contributed by atoms with van der Waals surface area (Å²) in [7, 11) is 0. The zero-order valence-corrected chi connectivity index (χ0v) is 7.46. The van der Waals surface area contributed by atoms with E-state index in [-0.39, 0.29) is 18.3 Å². The average molecular weight is 179 g/mol. The third kappa shape index (κ3) is 2.98. The number of carbonyl (C=O) groups is 2. The van der Waals surface area contributed by atoms with Gasteiger partial charge in [0, 0.05) is 12.2 Å². The minimum atomic E-state index is -0.579. The van der Waals surface area contributed by atoms with Crippen LogP contribution in [0, 0.1) is 0 Å². The first-order chi connectivity index (χ1) is 4.29. The van der Waals surface area contributed by atoms with Gasteiger partial charge in [-0.15, -0.1) is 0 Å². The van der Waals surface area contributed by atoms with Gasteiger partial charge in [-0.25, -0.2) is 9.59 Å². The number of esters is 2. The Kier molecular flexibility index (Phi) is 3.88. The van der Waals surface area contributed by atoms with Gasteiger partial charge in [0.05, 0.1) is 0 Å². The van der Waals surface area contributed by atoms with Gasteiger partial charge >= 0.3 is 33.8 Å². The van der Waals surface area contributed by atoms with Gasteiger partial charge in [0.15, 0.2) is 0 Å². The molecule has 0 bridgehead atoms.